The molecule has 2 aliphatic rings. The van der Waals surface area contributed by atoms with E-state index in [1.807, 2.05) is 31.2 Å². The predicted octanol–water partition coefficient (Wildman–Crippen LogP) is 4.86. The smallest absolute Gasteiger partial charge is 0.243 e. The lowest BCUT2D eigenvalue weighted by Gasteiger charge is -2.34. The van der Waals surface area contributed by atoms with Crippen LogP contribution in [0.2, 0.25) is 0 Å². The third kappa shape index (κ3) is 3.37. The normalized spacial score (nSPS) is 24.8. The van der Waals surface area contributed by atoms with Crippen LogP contribution >= 0.6 is 0 Å². The van der Waals surface area contributed by atoms with E-state index in [1.54, 1.807) is 16.4 Å². The van der Waals surface area contributed by atoms with Crippen molar-refractivity contribution < 1.29 is 13.2 Å². The van der Waals surface area contributed by atoms with Crippen molar-refractivity contribution in [2.24, 2.45) is 5.92 Å². The Morgan fingerprint density at radius 2 is 1.70 bits per heavy atom. The first kappa shape index (κ1) is 19.5. The molecule has 154 valence electrons. The monoisotopic (exact) mass is 419 g/mol. The van der Waals surface area contributed by atoms with Gasteiger partial charge in [0.05, 0.1) is 17.1 Å². The summed E-state index contributed by atoms with van der Waals surface area (Å²) >= 11 is 0. The first-order valence-corrected chi connectivity index (χ1v) is 11.7. The van der Waals surface area contributed by atoms with Crippen molar-refractivity contribution in [3.8, 4) is 0 Å². The van der Waals surface area contributed by atoms with Crippen LogP contribution in [-0.4, -0.2) is 31.9 Å². The molecule has 4 nitrogen and oxygen atoms in total. The Bertz CT molecular complexity index is 1220. The molecule has 0 aromatic heterocycles. The minimum absolute atomic E-state index is 0.0435. The number of ether oxygens (including phenoxy) is 1. The van der Waals surface area contributed by atoms with E-state index in [0.29, 0.717) is 18.0 Å². The summed E-state index contributed by atoms with van der Waals surface area (Å²) in [5, 5.41) is 2.38. The van der Waals surface area contributed by atoms with E-state index < -0.39 is 10.0 Å². The van der Waals surface area contributed by atoms with Crippen LogP contribution in [0, 0.1) is 12.8 Å². The molecule has 5 rings (SSSR count). The van der Waals surface area contributed by atoms with Gasteiger partial charge in [-0.15, -0.1) is 0 Å². The van der Waals surface area contributed by atoms with Gasteiger partial charge >= 0.3 is 0 Å². The second-order valence-electron chi connectivity index (χ2n) is 8.37. The molecule has 0 saturated carbocycles. The molecule has 3 aromatic carbocycles. The molecular weight excluding hydrogens is 394 g/mol. The van der Waals surface area contributed by atoms with E-state index in [1.165, 1.54) is 10.8 Å². The van der Waals surface area contributed by atoms with Gasteiger partial charge in [-0.05, 0) is 47.9 Å². The second-order valence-corrected chi connectivity index (χ2v) is 10.3. The van der Waals surface area contributed by atoms with E-state index in [9.17, 15) is 8.42 Å². The molecule has 3 atom stereocenters. The maximum absolute atomic E-state index is 13.1. The van der Waals surface area contributed by atoms with Crippen molar-refractivity contribution in [3.63, 3.8) is 0 Å². The van der Waals surface area contributed by atoms with Gasteiger partial charge in [-0.2, -0.15) is 4.31 Å². The highest BCUT2D eigenvalue weighted by Gasteiger charge is 2.45. The molecule has 0 radical (unpaired) electrons. The van der Waals surface area contributed by atoms with Gasteiger partial charge in [0.1, 0.15) is 0 Å². The van der Waals surface area contributed by atoms with Gasteiger partial charge in [0, 0.05) is 19.0 Å². The lowest BCUT2D eigenvalue weighted by Crippen LogP contribution is -2.32. The van der Waals surface area contributed by atoms with Crippen molar-refractivity contribution >= 4 is 20.8 Å². The maximum Gasteiger partial charge on any atom is 0.243 e. The molecule has 0 amide bonds. The first-order valence-electron chi connectivity index (χ1n) is 10.3. The molecule has 3 aromatic rings. The molecule has 0 aliphatic carbocycles. The molecule has 2 heterocycles. The summed E-state index contributed by atoms with van der Waals surface area (Å²) < 4.78 is 34.3. The molecular formula is C25H25NO3S. The second kappa shape index (κ2) is 7.34. The Hall–Kier alpha value is -2.47. The number of fused-ring (bicyclic) bond motifs is 2. The quantitative estimate of drug-likeness (QED) is 0.570. The third-order valence-electron chi connectivity index (χ3n) is 6.35. The van der Waals surface area contributed by atoms with Crippen molar-refractivity contribution in [2.75, 3.05) is 13.1 Å². The summed E-state index contributed by atoms with van der Waals surface area (Å²) in [6.45, 7) is 7.04. The van der Waals surface area contributed by atoms with Crippen molar-refractivity contribution in [1.29, 1.82) is 0 Å². The number of sulfonamides is 1. The summed E-state index contributed by atoms with van der Waals surface area (Å²) in [4.78, 5) is 0.337. The van der Waals surface area contributed by atoms with Crippen LogP contribution < -0.4 is 0 Å². The number of rotatable bonds is 3. The van der Waals surface area contributed by atoms with Crippen LogP contribution in [0.3, 0.4) is 0 Å². The van der Waals surface area contributed by atoms with Crippen molar-refractivity contribution in [3.05, 3.63) is 90.0 Å². The fraction of sp³-hybridized carbons (Fsp3) is 0.280. The average molecular weight is 420 g/mol. The van der Waals surface area contributed by atoms with Crippen LogP contribution in [0.1, 0.15) is 23.7 Å². The summed E-state index contributed by atoms with van der Waals surface area (Å²) in [7, 11) is -3.54. The molecule has 0 spiro atoms. The summed E-state index contributed by atoms with van der Waals surface area (Å²) in [6, 6.07) is 21.7. The van der Waals surface area contributed by atoms with Gasteiger partial charge in [-0.25, -0.2) is 8.42 Å². The van der Waals surface area contributed by atoms with Crippen LogP contribution in [0.4, 0.5) is 0 Å². The standard InChI is InChI=1S/C25H25NO3S/c1-17-7-11-22(12-8-17)30(27,28)26-15-23-18(2)13-24(29-25(23)16-26)21-10-9-19-5-3-4-6-20(19)14-21/h3-12,14,23-25H,2,13,15-16H2,1H3. The zero-order chi connectivity index (χ0) is 20.9. The summed E-state index contributed by atoms with van der Waals surface area (Å²) in [6.07, 6.45) is 0.464. The lowest BCUT2D eigenvalue weighted by atomic mass is 9.87. The van der Waals surface area contributed by atoms with Crippen LogP contribution in [0.15, 0.2) is 83.8 Å². The average Bonchev–Trinajstić information content (AvgIpc) is 3.19. The minimum atomic E-state index is -3.54. The highest BCUT2D eigenvalue weighted by Crippen LogP contribution is 2.42. The Morgan fingerprint density at radius 3 is 2.47 bits per heavy atom. The molecule has 30 heavy (non-hydrogen) atoms. The lowest BCUT2D eigenvalue weighted by molar-refractivity contribution is -0.0421. The zero-order valence-electron chi connectivity index (χ0n) is 17.0. The Morgan fingerprint density at radius 1 is 0.967 bits per heavy atom. The molecule has 3 unspecified atom stereocenters. The first-order chi connectivity index (χ1) is 14.4. The minimum Gasteiger partial charge on any atom is -0.368 e. The van der Waals surface area contributed by atoms with Gasteiger partial charge < -0.3 is 4.74 Å². The summed E-state index contributed by atoms with van der Waals surface area (Å²) in [5.41, 5.74) is 3.23. The van der Waals surface area contributed by atoms with Crippen LogP contribution in [-0.2, 0) is 14.8 Å². The molecule has 0 N–H and O–H groups in total. The van der Waals surface area contributed by atoms with E-state index in [-0.39, 0.29) is 18.1 Å². The van der Waals surface area contributed by atoms with E-state index in [2.05, 4.69) is 36.9 Å². The molecule has 2 fully saturated rings. The molecule has 0 bridgehead atoms. The van der Waals surface area contributed by atoms with E-state index in [4.69, 9.17) is 4.74 Å². The van der Waals surface area contributed by atoms with Crippen LogP contribution in [0.5, 0.6) is 0 Å². The fourth-order valence-electron chi connectivity index (χ4n) is 4.58. The van der Waals surface area contributed by atoms with Gasteiger partial charge in [0.15, 0.2) is 0 Å². The highest BCUT2D eigenvalue weighted by atomic mass is 32.2. The Kier molecular flexibility index (Phi) is 4.77. The highest BCUT2D eigenvalue weighted by molar-refractivity contribution is 7.89. The van der Waals surface area contributed by atoms with E-state index in [0.717, 1.165) is 23.1 Å². The summed E-state index contributed by atoms with van der Waals surface area (Å²) in [5.74, 6) is 0.0435. The van der Waals surface area contributed by atoms with Crippen molar-refractivity contribution in [1.82, 2.24) is 4.31 Å². The number of hydrogen-bond acceptors (Lipinski definition) is 3. The van der Waals surface area contributed by atoms with Gasteiger partial charge in [-0.3, -0.25) is 0 Å². The van der Waals surface area contributed by atoms with Gasteiger partial charge in [0.2, 0.25) is 10.0 Å². The Balaban J connectivity index is 1.38. The topological polar surface area (TPSA) is 46.6 Å². The molecule has 2 saturated heterocycles. The number of aryl methyl sites for hydroxylation is 1. The van der Waals surface area contributed by atoms with Crippen LogP contribution in [0.25, 0.3) is 10.8 Å². The van der Waals surface area contributed by atoms with Gasteiger partial charge in [0.25, 0.3) is 0 Å². The fourth-order valence-corrected chi connectivity index (χ4v) is 6.06. The van der Waals surface area contributed by atoms with Crippen molar-refractivity contribution in [2.45, 2.75) is 30.4 Å². The number of benzene rings is 3. The van der Waals surface area contributed by atoms with Gasteiger partial charge in [-0.1, -0.05) is 66.2 Å². The number of hydrogen-bond donors (Lipinski definition) is 0. The Labute approximate surface area is 177 Å². The molecule has 2 aliphatic heterocycles. The maximum atomic E-state index is 13.1. The SMILES string of the molecule is C=C1CC(c2ccc3ccccc3c2)OC2CN(S(=O)(=O)c3ccc(C)cc3)CC12. The number of nitrogens with zero attached hydrogens (tertiary/aromatic N) is 1. The largest absolute Gasteiger partial charge is 0.368 e. The molecule has 5 heteroatoms. The third-order valence-corrected chi connectivity index (χ3v) is 8.19. The van der Waals surface area contributed by atoms with E-state index >= 15 is 0 Å². The zero-order valence-corrected chi connectivity index (χ0v) is 17.8. The predicted molar refractivity (Wildman–Crippen MR) is 119 cm³/mol.